The lowest BCUT2D eigenvalue weighted by Crippen LogP contribution is -2.08. The topological polar surface area (TPSA) is 68.1 Å². The highest BCUT2D eigenvalue weighted by Crippen LogP contribution is 2.40. The molecule has 1 N–H and O–H groups in total. The van der Waals surface area contributed by atoms with Crippen molar-refractivity contribution in [1.82, 2.24) is 24.6 Å². The van der Waals surface area contributed by atoms with E-state index in [0.717, 1.165) is 10.6 Å². The lowest BCUT2D eigenvalue weighted by Gasteiger charge is -2.13. The van der Waals surface area contributed by atoms with Gasteiger partial charge in [0.05, 0.1) is 40.8 Å². The second kappa shape index (κ2) is 7.79. The normalized spacial score (nSPS) is 12.2. The molecule has 0 aliphatic heterocycles. The third-order valence-corrected chi connectivity index (χ3v) is 5.19. The molecule has 6 nitrogen and oxygen atoms in total. The van der Waals surface area contributed by atoms with Crippen LogP contribution in [-0.2, 0) is 6.18 Å². The number of nitrogens with zero attached hydrogens (tertiary/aromatic N) is 4. The number of aromatic amines is 1. The van der Waals surface area contributed by atoms with Gasteiger partial charge < -0.3 is 4.74 Å². The number of H-pyrrole nitrogens is 1. The third-order valence-electron chi connectivity index (χ3n) is 5.19. The van der Waals surface area contributed by atoms with E-state index >= 15 is 8.78 Å². The first kappa shape index (κ1) is 21.8. The van der Waals surface area contributed by atoms with E-state index in [1.54, 1.807) is 19.9 Å². The molecule has 5 aromatic rings. The molecule has 174 valence electrons. The summed E-state index contributed by atoms with van der Waals surface area (Å²) in [5, 5.41) is 6.34. The maximum atomic E-state index is 15.3. The fourth-order valence-electron chi connectivity index (χ4n) is 3.77. The van der Waals surface area contributed by atoms with E-state index in [-0.39, 0.29) is 39.7 Å². The number of hydrogen-bond donors (Lipinski definition) is 1. The van der Waals surface area contributed by atoms with Crippen molar-refractivity contribution in [3.05, 3.63) is 66.3 Å². The SMILES string of the molecule is CC(C)Oc1cccc(-c2cn3c(-c4ccc5[nH]ncc5c4F)c(C(F)(F)F)nc3cn2)c1F. The van der Waals surface area contributed by atoms with Crippen molar-refractivity contribution in [3.8, 4) is 28.3 Å². The van der Waals surface area contributed by atoms with Crippen LogP contribution in [0, 0.1) is 11.6 Å². The predicted octanol–water partition coefficient (Wildman–Crippen LogP) is 6.02. The Balaban J connectivity index is 1.77. The van der Waals surface area contributed by atoms with Crippen molar-refractivity contribution in [3.63, 3.8) is 0 Å². The molecule has 0 spiro atoms. The van der Waals surface area contributed by atoms with Crippen LogP contribution in [0.5, 0.6) is 5.75 Å². The molecule has 0 saturated heterocycles. The standard InChI is InChI=1S/C23H16F5N5O/c1-11(2)34-17-5-3-4-12(20(17)25)16-10-33-18(9-29-16)31-22(23(26,27)28)21(33)13-6-7-15-14(19(13)24)8-30-32-15/h3-11H,1-2H3,(H,30,32). The minimum Gasteiger partial charge on any atom is -0.488 e. The molecule has 0 saturated carbocycles. The Kier molecular flexibility index (Phi) is 4.99. The number of aromatic nitrogens is 5. The van der Waals surface area contributed by atoms with Gasteiger partial charge in [0, 0.05) is 17.3 Å². The minimum atomic E-state index is -4.88. The molecule has 0 atom stereocenters. The van der Waals surface area contributed by atoms with Gasteiger partial charge in [-0.2, -0.15) is 18.3 Å². The highest BCUT2D eigenvalue weighted by Gasteiger charge is 2.39. The van der Waals surface area contributed by atoms with Crippen molar-refractivity contribution in [1.29, 1.82) is 0 Å². The van der Waals surface area contributed by atoms with Crippen LogP contribution < -0.4 is 4.74 Å². The van der Waals surface area contributed by atoms with E-state index in [1.807, 2.05) is 0 Å². The van der Waals surface area contributed by atoms with Crippen LogP contribution >= 0.6 is 0 Å². The molecule has 0 bridgehead atoms. The average Bonchev–Trinajstić information content (AvgIpc) is 3.40. The second-order valence-corrected chi connectivity index (χ2v) is 7.85. The molecule has 2 aromatic carbocycles. The van der Waals surface area contributed by atoms with Crippen molar-refractivity contribution >= 4 is 16.6 Å². The van der Waals surface area contributed by atoms with Gasteiger partial charge in [0.2, 0.25) is 0 Å². The van der Waals surface area contributed by atoms with Gasteiger partial charge in [0.1, 0.15) is 5.82 Å². The molecule has 0 unspecified atom stereocenters. The predicted molar refractivity (Wildman–Crippen MR) is 114 cm³/mol. The summed E-state index contributed by atoms with van der Waals surface area (Å²) in [6.07, 6.45) is -1.71. The monoisotopic (exact) mass is 473 g/mol. The fraction of sp³-hybridized carbons (Fsp3) is 0.174. The van der Waals surface area contributed by atoms with Gasteiger partial charge in [0.15, 0.2) is 22.9 Å². The van der Waals surface area contributed by atoms with Gasteiger partial charge in [-0.05, 0) is 38.1 Å². The Hall–Kier alpha value is -4.02. The molecule has 0 fully saturated rings. The van der Waals surface area contributed by atoms with E-state index in [9.17, 15) is 13.2 Å². The van der Waals surface area contributed by atoms with Crippen LogP contribution in [0.25, 0.3) is 39.1 Å². The summed E-state index contributed by atoms with van der Waals surface area (Å²) in [6.45, 7) is 3.47. The molecule has 0 radical (unpaired) electrons. The van der Waals surface area contributed by atoms with Crippen LogP contribution in [0.4, 0.5) is 22.0 Å². The number of rotatable bonds is 4. The van der Waals surface area contributed by atoms with Crippen molar-refractivity contribution in [2.45, 2.75) is 26.1 Å². The van der Waals surface area contributed by atoms with Crippen molar-refractivity contribution in [2.24, 2.45) is 0 Å². The van der Waals surface area contributed by atoms with Gasteiger partial charge in [-0.1, -0.05) is 6.07 Å². The largest absolute Gasteiger partial charge is 0.488 e. The average molecular weight is 473 g/mol. The lowest BCUT2D eigenvalue weighted by atomic mass is 10.1. The van der Waals surface area contributed by atoms with E-state index < -0.39 is 29.2 Å². The number of nitrogens with one attached hydrogen (secondary N) is 1. The van der Waals surface area contributed by atoms with Crippen LogP contribution in [0.2, 0.25) is 0 Å². The molecule has 0 aliphatic rings. The molecule has 11 heteroatoms. The van der Waals surface area contributed by atoms with Crippen molar-refractivity contribution in [2.75, 3.05) is 0 Å². The van der Waals surface area contributed by atoms with E-state index in [2.05, 4.69) is 20.2 Å². The quantitative estimate of drug-likeness (QED) is 0.324. The summed E-state index contributed by atoms with van der Waals surface area (Å²) >= 11 is 0. The zero-order valence-corrected chi connectivity index (χ0v) is 17.8. The van der Waals surface area contributed by atoms with Gasteiger partial charge in [-0.15, -0.1) is 0 Å². The number of ether oxygens (including phenoxy) is 1. The number of alkyl halides is 3. The smallest absolute Gasteiger partial charge is 0.435 e. The number of fused-ring (bicyclic) bond motifs is 2. The summed E-state index contributed by atoms with van der Waals surface area (Å²) in [6, 6.07) is 7.05. The summed E-state index contributed by atoms with van der Waals surface area (Å²) in [7, 11) is 0. The van der Waals surface area contributed by atoms with Gasteiger partial charge in [-0.25, -0.2) is 13.8 Å². The first-order chi connectivity index (χ1) is 16.1. The fourth-order valence-corrected chi connectivity index (χ4v) is 3.77. The second-order valence-electron chi connectivity index (χ2n) is 7.85. The molecule has 5 rings (SSSR count). The van der Waals surface area contributed by atoms with Crippen molar-refractivity contribution < 1.29 is 26.7 Å². The maximum absolute atomic E-state index is 15.3. The highest BCUT2D eigenvalue weighted by molar-refractivity contribution is 5.85. The number of imidazole rings is 1. The maximum Gasteiger partial charge on any atom is 0.435 e. The first-order valence-electron chi connectivity index (χ1n) is 10.2. The van der Waals surface area contributed by atoms with E-state index in [1.165, 1.54) is 36.7 Å². The Morgan fingerprint density at radius 3 is 2.53 bits per heavy atom. The number of hydrogen-bond acceptors (Lipinski definition) is 4. The number of benzene rings is 2. The Morgan fingerprint density at radius 2 is 1.79 bits per heavy atom. The Labute approximate surface area is 189 Å². The minimum absolute atomic E-state index is 0.0130. The summed E-state index contributed by atoms with van der Waals surface area (Å²) in [4.78, 5) is 7.75. The summed E-state index contributed by atoms with van der Waals surface area (Å²) in [5.74, 6) is -1.63. The van der Waals surface area contributed by atoms with Gasteiger partial charge in [0.25, 0.3) is 0 Å². The zero-order valence-electron chi connectivity index (χ0n) is 17.8. The van der Waals surface area contributed by atoms with Crippen LogP contribution in [0.15, 0.2) is 48.9 Å². The van der Waals surface area contributed by atoms with Crippen LogP contribution in [0.1, 0.15) is 19.5 Å². The van der Waals surface area contributed by atoms with Crippen LogP contribution in [0.3, 0.4) is 0 Å². The highest BCUT2D eigenvalue weighted by atomic mass is 19.4. The third kappa shape index (κ3) is 3.53. The van der Waals surface area contributed by atoms with Crippen LogP contribution in [-0.4, -0.2) is 30.7 Å². The van der Waals surface area contributed by atoms with E-state index in [4.69, 9.17) is 4.74 Å². The molecule has 3 heterocycles. The molecule has 0 aliphatic carbocycles. The molecule has 3 aromatic heterocycles. The Bertz CT molecular complexity index is 1540. The molecule has 0 amide bonds. The van der Waals surface area contributed by atoms with E-state index in [0.29, 0.717) is 5.52 Å². The molecule has 34 heavy (non-hydrogen) atoms. The first-order valence-corrected chi connectivity index (χ1v) is 10.2. The lowest BCUT2D eigenvalue weighted by molar-refractivity contribution is -0.140. The summed E-state index contributed by atoms with van der Waals surface area (Å²) < 4.78 is 78.6. The zero-order chi connectivity index (χ0) is 24.2. The molecular weight excluding hydrogens is 457 g/mol. The van der Waals surface area contributed by atoms with Gasteiger partial charge >= 0.3 is 6.18 Å². The molecular formula is C23H16F5N5O. The summed E-state index contributed by atoms with van der Waals surface area (Å²) in [5.41, 5.74) is -1.95. The van der Waals surface area contributed by atoms with Gasteiger partial charge in [-0.3, -0.25) is 14.5 Å². The number of halogens is 5. The Morgan fingerprint density at radius 1 is 1.00 bits per heavy atom.